The lowest BCUT2D eigenvalue weighted by Crippen LogP contribution is -2.57. The molecule has 0 bridgehead atoms. The normalized spacial score (nSPS) is 28.9. The van der Waals surface area contributed by atoms with E-state index in [4.69, 9.17) is 9.47 Å². The molecule has 0 aromatic rings. The van der Waals surface area contributed by atoms with Crippen LogP contribution in [0, 0.1) is 5.92 Å². The van der Waals surface area contributed by atoms with Gasteiger partial charge in [-0.1, -0.05) is 13.8 Å². The van der Waals surface area contributed by atoms with Crippen molar-refractivity contribution in [2.75, 3.05) is 12.9 Å². The summed E-state index contributed by atoms with van der Waals surface area (Å²) in [7, 11) is 1.32. The van der Waals surface area contributed by atoms with Crippen molar-refractivity contribution in [2.24, 2.45) is 5.92 Å². The highest BCUT2D eigenvalue weighted by atomic mass is 32.2. The largest absolute Gasteiger partial charge is 0.467 e. The van der Waals surface area contributed by atoms with Gasteiger partial charge in [0.05, 0.1) is 12.5 Å². The number of nitrogens with one attached hydrogen (secondary N) is 1. The number of rotatable bonds is 4. The Hall–Kier alpha value is -1.44. The Morgan fingerprint density at radius 2 is 2.04 bits per heavy atom. The van der Waals surface area contributed by atoms with Gasteiger partial charge in [0, 0.05) is 12.2 Å². The van der Waals surface area contributed by atoms with Crippen molar-refractivity contribution in [3.05, 3.63) is 0 Å². The number of amides is 2. The van der Waals surface area contributed by atoms with Gasteiger partial charge in [-0.05, 0) is 33.1 Å². The maximum atomic E-state index is 13.2. The average molecular weight is 372 g/mol. The molecule has 2 fully saturated rings. The summed E-state index contributed by atoms with van der Waals surface area (Å²) in [6, 6.07) is -0.595. The van der Waals surface area contributed by atoms with Crippen molar-refractivity contribution < 1.29 is 23.9 Å². The van der Waals surface area contributed by atoms with E-state index in [0.717, 1.165) is 0 Å². The van der Waals surface area contributed by atoms with E-state index in [-0.39, 0.29) is 17.2 Å². The smallest absolute Gasteiger partial charge is 0.408 e. The van der Waals surface area contributed by atoms with Crippen LogP contribution in [0.4, 0.5) is 4.79 Å². The average Bonchev–Trinajstić information content (AvgIpc) is 2.95. The van der Waals surface area contributed by atoms with Gasteiger partial charge < -0.3 is 19.7 Å². The van der Waals surface area contributed by atoms with Crippen LogP contribution in [-0.2, 0) is 19.1 Å². The van der Waals surface area contributed by atoms with E-state index in [0.29, 0.717) is 18.6 Å². The first-order valence-electron chi connectivity index (χ1n) is 8.52. The van der Waals surface area contributed by atoms with Gasteiger partial charge in [-0.3, -0.25) is 4.79 Å². The summed E-state index contributed by atoms with van der Waals surface area (Å²) < 4.78 is 10.2. The molecular weight excluding hydrogens is 344 g/mol. The van der Waals surface area contributed by atoms with E-state index in [1.54, 1.807) is 37.4 Å². The summed E-state index contributed by atoms with van der Waals surface area (Å²) in [6.45, 7) is 9.33. The first kappa shape index (κ1) is 19.9. The molecule has 142 valence electrons. The van der Waals surface area contributed by atoms with Crippen molar-refractivity contribution in [3.63, 3.8) is 0 Å². The van der Waals surface area contributed by atoms with Crippen LogP contribution < -0.4 is 5.32 Å². The minimum atomic E-state index is -1.04. The van der Waals surface area contributed by atoms with Gasteiger partial charge in [-0.15, -0.1) is 11.8 Å². The number of methoxy groups -OCH3 is 1. The second-order valence-electron chi connectivity index (χ2n) is 8.05. The summed E-state index contributed by atoms with van der Waals surface area (Å²) in [5, 5.41) is 2.68. The van der Waals surface area contributed by atoms with Gasteiger partial charge in [0.25, 0.3) is 0 Å². The molecule has 0 radical (unpaired) electrons. The fraction of sp³-hybridized carbons (Fsp3) is 0.824. The van der Waals surface area contributed by atoms with E-state index in [2.05, 4.69) is 5.32 Å². The van der Waals surface area contributed by atoms with E-state index >= 15 is 0 Å². The van der Waals surface area contributed by atoms with Gasteiger partial charge in [-0.25, -0.2) is 9.59 Å². The standard InChI is InChI=1S/C17H28N2O5S/c1-10(2)7-17(18-15(22)24-16(3,4)5)8-12-19(14(17)21)11(9-25-12)13(20)23-6/h10-12H,7-9H2,1-6H3,(H,18,22)/t11-,12+,17-/m1/s1. The summed E-state index contributed by atoms with van der Waals surface area (Å²) in [6.07, 6.45) is 0.343. The molecule has 3 atom stereocenters. The molecule has 2 amide bonds. The predicted molar refractivity (Wildman–Crippen MR) is 95.1 cm³/mol. The lowest BCUT2D eigenvalue weighted by molar-refractivity contribution is -0.151. The molecule has 1 N–H and O–H groups in total. The number of carbonyl (C=O) groups is 3. The zero-order valence-corrected chi connectivity index (χ0v) is 16.6. The van der Waals surface area contributed by atoms with Crippen molar-refractivity contribution >= 4 is 29.7 Å². The molecule has 25 heavy (non-hydrogen) atoms. The highest BCUT2D eigenvalue weighted by Crippen LogP contribution is 2.44. The molecule has 0 aromatic carbocycles. The number of hydrogen-bond acceptors (Lipinski definition) is 6. The SMILES string of the molecule is COC(=O)[C@H]1CS[C@H]2C[C@@](CC(C)C)(NC(=O)OC(C)(C)C)C(=O)N21. The van der Waals surface area contributed by atoms with Gasteiger partial charge in [0.15, 0.2) is 0 Å². The first-order chi connectivity index (χ1) is 11.5. The minimum Gasteiger partial charge on any atom is -0.467 e. The number of thioether (sulfide) groups is 1. The predicted octanol–water partition coefficient (Wildman–Crippen LogP) is 2.14. The molecule has 0 aromatic heterocycles. The Kier molecular flexibility index (Phi) is 5.61. The minimum absolute atomic E-state index is 0.134. The molecule has 0 unspecified atom stereocenters. The lowest BCUT2D eigenvalue weighted by atomic mass is 9.87. The Morgan fingerprint density at radius 1 is 1.40 bits per heavy atom. The van der Waals surface area contributed by atoms with E-state index in [1.807, 2.05) is 13.8 Å². The molecule has 2 heterocycles. The highest BCUT2D eigenvalue weighted by molar-refractivity contribution is 8.00. The molecule has 7 nitrogen and oxygen atoms in total. The van der Waals surface area contributed by atoms with Crippen LogP contribution >= 0.6 is 11.8 Å². The lowest BCUT2D eigenvalue weighted by Gasteiger charge is -2.32. The Labute approximate surface area is 153 Å². The molecule has 0 aliphatic carbocycles. The summed E-state index contributed by atoms with van der Waals surface area (Å²) in [5.41, 5.74) is -1.69. The van der Waals surface area contributed by atoms with Crippen LogP contribution in [0.25, 0.3) is 0 Å². The molecule has 2 aliphatic rings. The number of ether oxygens (including phenoxy) is 2. The third kappa shape index (κ3) is 4.22. The van der Waals surface area contributed by atoms with Crippen LogP contribution in [0.15, 0.2) is 0 Å². The van der Waals surface area contributed by atoms with Gasteiger partial charge in [0.2, 0.25) is 5.91 Å². The number of carbonyl (C=O) groups excluding carboxylic acids is 3. The van der Waals surface area contributed by atoms with Crippen LogP contribution in [0.2, 0.25) is 0 Å². The monoisotopic (exact) mass is 372 g/mol. The molecule has 8 heteroatoms. The summed E-state index contributed by atoms with van der Waals surface area (Å²) in [4.78, 5) is 39.1. The maximum absolute atomic E-state index is 13.2. The molecule has 2 rings (SSSR count). The fourth-order valence-corrected chi connectivity index (χ4v) is 4.97. The number of alkyl carbamates (subject to hydrolysis) is 1. The molecular formula is C17H28N2O5S. The van der Waals surface area contributed by atoms with Crippen molar-refractivity contribution in [1.82, 2.24) is 10.2 Å². The van der Waals surface area contributed by atoms with Gasteiger partial charge in [0.1, 0.15) is 17.2 Å². The van der Waals surface area contributed by atoms with Crippen LogP contribution in [0.5, 0.6) is 0 Å². The zero-order valence-electron chi connectivity index (χ0n) is 15.8. The first-order valence-corrected chi connectivity index (χ1v) is 9.57. The second-order valence-corrected chi connectivity index (χ2v) is 9.26. The molecule has 0 spiro atoms. The Morgan fingerprint density at radius 3 is 2.56 bits per heavy atom. The van der Waals surface area contributed by atoms with E-state index in [9.17, 15) is 14.4 Å². The fourth-order valence-electron chi connectivity index (χ4n) is 3.47. The van der Waals surface area contributed by atoms with Crippen molar-refractivity contribution in [2.45, 2.75) is 70.0 Å². The third-order valence-corrected chi connectivity index (χ3v) is 5.52. The third-order valence-electron chi connectivity index (χ3n) is 4.23. The number of nitrogens with zero attached hydrogens (tertiary/aromatic N) is 1. The van der Waals surface area contributed by atoms with Crippen LogP contribution in [-0.4, -0.2) is 58.3 Å². The second kappa shape index (κ2) is 7.05. The quantitative estimate of drug-likeness (QED) is 0.761. The van der Waals surface area contributed by atoms with E-state index in [1.165, 1.54) is 7.11 Å². The summed E-state index contributed by atoms with van der Waals surface area (Å²) in [5.74, 6) is 0.0757. The summed E-state index contributed by atoms with van der Waals surface area (Å²) >= 11 is 1.55. The molecule has 2 saturated heterocycles. The van der Waals surface area contributed by atoms with Gasteiger partial charge >= 0.3 is 12.1 Å². The number of hydrogen-bond donors (Lipinski definition) is 1. The van der Waals surface area contributed by atoms with Crippen LogP contribution in [0.1, 0.15) is 47.5 Å². The topological polar surface area (TPSA) is 84.9 Å². The number of fused-ring (bicyclic) bond motifs is 1. The molecule has 0 saturated carbocycles. The van der Waals surface area contributed by atoms with Crippen molar-refractivity contribution in [1.29, 1.82) is 0 Å². The Balaban J connectivity index is 2.25. The molecule has 2 aliphatic heterocycles. The van der Waals surface area contributed by atoms with Crippen LogP contribution in [0.3, 0.4) is 0 Å². The van der Waals surface area contributed by atoms with E-state index < -0.39 is 29.2 Å². The van der Waals surface area contributed by atoms with Crippen molar-refractivity contribution in [3.8, 4) is 0 Å². The highest BCUT2D eigenvalue weighted by Gasteiger charge is 2.59. The Bertz CT molecular complexity index is 560. The number of esters is 1. The zero-order chi connectivity index (χ0) is 19.0. The van der Waals surface area contributed by atoms with Gasteiger partial charge in [-0.2, -0.15) is 0 Å². The maximum Gasteiger partial charge on any atom is 0.408 e.